The van der Waals surface area contributed by atoms with Gasteiger partial charge in [0.1, 0.15) is 20.0 Å². The maximum atomic E-state index is 11.6. The van der Waals surface area contributed by atoms with Crippen LogP contribution >= 0.6 is 11.8 Å². The van der Waals surface area contributed by atoms with Crippen molar-refractivity contribution in [3.63, 3.8) is 0 Å². The molecule has 1 rings (SSSR count). The number of nitrogens with one attached hydrogen (secondary N) is 2. The highest BCUT2D eigenvalue weighted by Gasteiger charge is 2.16. The van der Waals surface area contributed by atoms with Crippen molar-refractivity contribution in [3.8, 4) is 0 Å². The van der Waals surface area contributed by atoms with Crippen LogP contribution in [-0.4, -0.2) is 68.9 Å². The second kappa shape index (κ2) is 11.7. The Morgan fingerprint density at radius 3 is 2.61 bits per heavy atom. The first-order valence-corrected chi connectivity index (χ1v) is 7.89. The average molecular weight is 348 g/mol. The molecule has 0 atom stereocenters. The van der Waals surface area contributed by atoms with E-state index in [4.69, 9.17) is 18.9 Å². The van der Waals surface area contributed by atoms with Crippen molar-refractivity contribution in [3.05, 3.63) is 12.7 Å². The molecular formula is C13H20N2O7S. The van der Waals surface area contributed by atoms with Gasteiger partial charge in [-0.1, -0.05) is 18.3 Å². The largest absolute Gasteiger partial charge is 0.508 e. The van der Waals surface area contributed by atoms with Gasteiger partial charge >= 0.3 is 6.16 Å². The summed E-state index contributed by atoms with van der Waals surface area (Å²) in [6.45, 7) is 4.55. The minimum Gasteiger partial charge on any atom is -0.433 e. The first kappa shape index (κ1) is 19.3. The lowest BCUT2D eigenvalue weighted by Gasteiger charge is -2.22. The summed E-state index contributed by atoms with van der Waals surface area (Å²) in [5, 5.41) is 4.92. The van der Waals surface area contributed by atoms with E-state index in [2.05, 4.69) is 17.2 Å². The van der Waals surface area contributed by atoms with Gasteiger partial charge in [0.2, 0.25) is 5.91 Å². The van der Waals surface area contributed by atoms with Crippen molar-refractivity contribution in [1.82, 2.24) is 10.6 Å². The fourth-order valence-corrected chi connectivity index (χ4v) is 2.06. The molecule has 0 radical (unpaired) electrons. The van der Waals surface area contributed by atoms with Crippen molar-refractivity contribution >= 4 is 29.1 Å². The lowest BCUT2D eigenvalue weighted by Crippen LogP contribution is -2.43. The Labute approximate surface area is 138 Å². The van der Waals surface area contributed by atoms with Crippen LogP contribution in [-0.2, 0) is 23.7 Å². The number of rotatable bonds is 8. The molecule has 1 aliphatic heterocycles. The molecule has 0 aromatic rings. The zero-order valence-corrected chi connectivity index (χ0v) is 13.4. The lowest BCUT2D eigenvalue weighted by atomic mass is 10.3. The maximum absolute atomic E-state index is 11.6. The van der Waals surface area contributed by atoms with E-state index in [1.54, 1.807) is 0 Å². The summed E-state index contributed by atoms with van der Waals surface area (Å²) in [4.78, 5) is 33.6. The third-order valence-electron chi connectivity index (χ3n) is 2.47. The molecule has 2 N–H and O–H groups in total. The number of hydrogen-bond donors (Lipinski definition) is 2. The Morgan fingerprint density at radius 1 is 1.22 bits per heavy atom. The van der Waals surface area contributed by atoms with Crippen molar-refractivity contribution in [2.75, 3.05) is 45.5 Å². The number of thioether (sulfide) groups is 1. The van der Waals surface area contributed by atoms with Crippen LogP contribution in [0.5, 0.6) is 0 Å². The quantitative estimate of drug-likeness (QED) is 0.365. The van der Waals surface area contributed by atoms with Gasteiger partial charge in [-0.05, 0) is 6.08 Å². The van der Waals surface area contributed by atoms with Gasteiger partial charge in [-0.2, -0.15) is 0 Å². The Morgan fingerprint density at radius 2 is 1.91 bits per heavy atom. The maximum Gasteiger partial charge on any atom is 0.508 e. The summed E-state index contributed by atoms with van der Waals surface area (Å²) in [7, 11) is 0. The molecule has 0 unspecified atom stereocenters. The summed E-state index contributed by atoms with van der Waals surface area (Å²) >= 11 is 0.985. The minimum atomic E-state index is -0.854. The SMILES string of the molecule is C=CC(=O)NCCOC(=O)OCCSC(=O)NC1COCOC1. The van der Waals surface area contributed by atoms with Crippen LogP contribution in [0.1, 0.15) is 0 Å². The summed E-state index contributed by atoms with van der Waals surface area (Å²) in [5.41, 5.74) is 0. The van der Waals surface area contributed by atoms with Gasteiger partial charge in [0.25, 0.3) is 5.24 Å². The van der Waals surface area contributed by atoms with Gasteiger partial charge in [-0.25, -0.2) is 4.79 Å². The second-order valence-electron chi connectivity index (χ2n) is 4.28. The van der Waals surface area contributed by atoms with E-state index in [0.717, 1.165) is 17.8 Å². The Hall–Kier alpha value is -1.78. The van der Waals surface area contributed by atoms with Crippen LogP contribution in [0.4, 0.5) is 9.59 Å². The Bertz CT molecular complexity index is 413. The molecule has 0 aromatic heterocycles. The van der Waals surface area contributed by atoms with E-state index in [1.807, 2.05) is 0 Å². The fraction of sp³-hybridized carbons (Fsp3) is 0.615. The van der Waals surface area contributed by atoms with E-state index in [1.165, 1.54) is 0 Å². The van der Waals surface area contributed by atoms with Crippen molar-refractivity contribution in [2.45, 2.75) is 6.04 Å². The number of carbonyl (C=O) groups is 3. The highest BCUT2D eigenvalue weighted by Crippen LogP contribution is 2.05. The third-order valence-corrected chi connectivity index (χ3v) is 3.22. The van der Waals surface area contributed by atoms with Crippen molar-refractivity contribution in [1.29, 1.82) is 0 Å². The van der Waals surface area contributed by atoms with Crippen LogP contribution in [0.2, 0.25) is 0 Å². The van der Waals surface area contributed by atoms with Crippen LogP contribution in [0.25, 0.3) is 0 Å². The minimum absolute atomic E-state index is 0.00623. The summed E-state index contributed by atoms with van der Waals surface area (Å²) < 4.78 is 19.6. The summed E-state index contributed by atoms with van der Waals surface area (Å²) in [6.07, 6.45) is 0.263. The first-order valence-electron chi connectivity index (χ1n) is 6.90. The lowest BCUT2D eigenvalue weighted by molar-refractivity contribution is -0.116. The smallest absolute Gasteiger partial charge is 0.433 e. The summed E-state index contributed by atoms with van der Waals surface area (Å²) in [6, 6.07) is -0.166. The number of amides is 2. The number of ether oxygens (including phenoxy) is 4. The van der Waals surface area contributed by atoms with Crippen molar-refractivity contribution in [2.24, 2.45) is 0 Å². The molecule has 130 valence electrons. The van der Waals surface area contributed by atoms with Gasteiger partial charge in [-0.3, -0.25) is 9.59 Å². The van der Waals surface area contributed by atoms with Crippen molar-refractivity contribution < 1.29 is 33.3 Å². The molecule has 1 heterocycles. The molecular weight excluding hydrogens is 328 g/mol. The first-order chi connectivity index (χ1) is 11.1. The van der Waals surface area contributed by atoms with Gasteiger partial charge in [0.05, 0.1) is 25.8 Å². The van der Waals surface area contributed by atoms with Gasteiger partial charge in [0, 0.05) is 5.75 Å². The Kier molecular flexibility index (Phi) is 9.84. The zero-order chi connectivity index (χ0) is 16.9. The van der Waals surface area contributed by atoms with Crippen LogP contribution in [0.15, 0.2) is 12.7 Å². The van der Waals surface area contributed by atoms with Gasteiger partial charge in [-0.15, -0.1) is 0 Å². The van der Waals surface area contributed by atoms with E-state index < -0.39 is 6.16 Å². The van der Waals surface area contributed by atoms with E-state index in [9.17, 15) is 14.4 Å². The predicted molar refractivity (Wildman–Crippen MR) is 82.1 cm³/mol. The second-order valence-corrected chi connectivity index (χ2v) is 5.35. The van der Waals surface area contributed by atoms with E-state index in [0.29, 0.717) is 19.0 Å². The number of hydrogen-bond acceptors (Lipinski definition) is 8. The highest BCUT2D eigenvalue weighted by atomic mass is 32.2. The average Bonchev–Trinajstić information content (AvgIpc) is 2.56. The van der Waals surface area contributed by atoms with E-state index >= 15 is 0 Å². The summed E-state index contributed by atoms with van der Waals surface area (Å²) in [5.74, 6) is -0.0547. The monoisotopic (exact) mass is 348 g/mol. The third kappa shape index (κ3) is 9.76. The number of carbonyl (C=O) groups excluding carboxylic acids is 3. The zero-order valence-electron chi connectivity index (χ0n) is 12.6. The van der Waals surface area contributed by atoms with Crippen LogP contribution in [0, 0.1) is 0 Å². The molecule has 1 saturated heterocycles. The molecule has 23 heavy (non-hydrogen) atoms. The molecule has 1 fully saturated rings. The molecule has 0 aromatic carbocycles. The molecule has 0 bridgehead atoms. The van der Waals surface area contributed by atoms with Gasteiger partial charge in [0.15, 0.2) is 0 Å². The molecule has 2 amide bonds. The molecule has 0 saturated carbocycles. The normalized spacial score (nSPS) is 14.6. The van der Waals surface area contributed by atoms with Crippen LogP contribution < -0.4 is 10.6 Å². The molecule has 0 aliphatic carbocycles. The molecule has 9 nitrogen and oxygen atoms in total. The molecule has 0 spiro atoms. The molecule has 10 heteroatoms. The molecule has 1 aliphatic rings. The van der Waals surface area contributed by atoms with Gasteiger partial charge < -0.3 is 29.6 Å². The van der Waals surface area contributed by atoms with Crippen LogP contribution in [0.3, 0.4) is 0 Å². The fourth-order valence-electron chi connectivity index (χ4n) is 1.46. The Balaban J connectivity index is 1.96. The van der Waals surface area contributed by atoms with E-state index in [-0.39, 0.29) is 43.7 Å². The highest BCUT2D eigenvalue weighted by molar-refractivity contribution is 8.13. The standard InChI is InChI=1S/C13H20N2O7S/c1-2-11(16)14-3-4-21-13(18)22-5-6-23-12(17)15-10-7-19-9-20-8-10/h2,10H,1,3-9H2,(H,14,16)(H,15,17). The topological polar surface area (TPSA) is 112 Å². The predicted octanol–water partition coefficient (Wildman–Crippen LogP) is 0.258.